The van der Waals surface area contributed by atoms with E-state index in [2.05, 4.69) is 10.3 Å². The molecule has 0 saturated carbocycles. The molecule has 1 fully saturated rings. The molecule has 0 aliphatic carbocycles. The summed E-state index contributed by atoms with van der Waals surface area (Å²) in [6.07, 6.45) is 1.66. The molecule has 0 radical (unpaired) electrons. The number of carbonyl (C=O) groups excluding carboxylic acids is 1. The molecule has 0 unspecified atom stereocenters. The number of carboxylic acid groups (broad SMARTS) is 1. The van der Waals surface area contributed by atoms with E-state index in [1.165, 1.54) is 18.2 Å². The summed E-state index contributed by atoms with van der Waals surface area (Å²) in [5, 5.41) is 22.1. The Morgan fingerprint density at radius 1 is 1.24 bits per heavy atom. The van der Waals surface area contributed by atoms with Crippen molar-refractivity contribution in [3.63, 3.8) is 0 Å². The van der Waals surface area contributed by atoms with Gasteiger partial charge in [-0.1, -0.05) is 29.8 Å². The van der Waals surface area contributed by atoms with E-state index in [-0.39, 0.29) is 11.5 Å². The average molecular weight is 375 g/mol. The van der Waals surface area contributed by atoms with Crippen molar-refractivity contribution in [3.8, 4) is 5.75 Å². The zero-order valence-corrected chi connectivity index (χ0v) is 14.1. The summed E-state index contributed by atoms with van der Waals surface area (Å²) in [5.74, 6) is -1.93. The van der Waals surface area contributed by atoms with Crippen LogP contribution in [0.25, 0.3) is 6.08 Å². The first kappa shape index (κ1) is 17.1. The number of benzene rings is 2. The van der Waals surface area contributed by atoms with E-state index in [0.717, 1.165) is 11.8 Å². The molecule has 3 N–H and O–H groups in total. The van der Waals surface area contributed by atoms with Gasteiger partial charge in [0.1, 0.15) is 11.3 Å². The van der Waals surface area contributed by atoms with E-state index < -0.39 is 11.7 Å². The zero-order valence-electron chi connectivity index (χ0n) is 12.6. The van der Waals surface area contributed by atoms with E-state index in [4.69, 9.17) is 16.7 Å². The van der Waals surface area contributed by atoms with Gasteiger partial charge in [-0.05, 0) is 41.6 Å². The normalized spacial score (nSPS) is 17.1. The van der Waals surface area contributed by atoms with Crippen molar-refractivity contribution in [2.45, 2.75) is 0 Å². The summed E-state index contributed by atoms with van der Waals surface area (Å²) in [6, 6.07) is 11.1. The number of hydrogen-bond acceptors (Lipinski definition) is 5. The van der Waals surface area contributed by atoms with Crippen LogP contribution in [0.5, 0.6) is 5.75 Å². The van der Waals surface area contributed by atoms with Crippen molar-refractivity contribution >= 4 is 52.2 Å². The fraction of sp³-hybridized carbons (Fsp3) is 0. The van der Waals surface area contributed by atoms with Crippen molar-refractivity contribution in [1.29, 1.82) is 0 Å². The summed E-state index contributed by atoms with van der Waals surface area (Å²) in [7, 11) is 0. The number of carbonyl (C=O) groups is 2. The highest BCUT2D eigenvalue weighted by Crippen LogP contribution is 2.31. The summed E-state index contributed by atoms with van der Waals surface area (Å²) in [6.45, 7) is 0. The number of phenols is 1. The van der Waals surface area contributed by atoms with Crippen molar-refractivity contribution < 1.29 is 19.8 Å². The number of nitrogens with zero attached hydrogens (tertiary/aromatic N) is 1. The Bertz CT molecular complexity index is 940. The molecule has 8 heteroatoms. The standard InChI is InChI=1S/C17H11ClN2O4S/c18-12-4-2-1-3-9(12)7-14-15(22)20-17(25-14)19-10-5-6-11(16(23)24)13(21)8-10/h1-8,21H,(H,23,24)(H,19,20,22)/b14-7-. The molecule has 2 aromatic rings. The Hall–Kier alpha value is -2.77. The number of carboxylic acids is 1. The molecule has 0 aromatic heterocycles. The predicted molar refractivity (Wildman–Crippen MR) is 97.3 cm³/mol. The van der Waals surface area contributed by atoms with Gasteiger partial charge >= 0.3 is 5.97 Å². The van der Waals surface area contributed by atoms with Crippen LogP contribution in [0.4, 0.5) is 5.69 Å². The van der Waals surface area contributed by atoms with Crippen LogP contribution in [0.15, 0.2) is 52.4 Å². The van der Waals surface area contributed by atoms with Crippen LogP contribution in [-0.4, -0.2) is 27.3 Å². The summed E-state index contributed by atoms with van der Waals surface area (Å²) < 4.78 is 0. The number of aromatic carboxylic acids is 1. The molecule has 1 heterocycles. The SMILES string of the molecule is O=C1NC(=Nc2ccc(C(=O)O)c(O)c2)S/C1=C\c1ccccc1Cl. The van der Waals surface area contributed by atoms with Crippen LogP contribution >= 0.6 is 23.4 Å². The average Bonchev–Trinajstić information content (AvgIpc) is 2.89. The van der Waals surface area contributed by atoms with Gasteiger partial charge in [0.25, 0.3) is 5.91 Å². The second kappa shape index (κ2) is 7.00. The highest BCUT2D eigenvalue weighted by atomic mass is 35.5. The van der Waals surface area contributed by atoms with Crippen LogP contribution in [0.3, 0.4) is 0 Å². The van der Waals surface area contributed by atoms with Crippen molar-refractivity contribution in [1.82, 2.24) is 5.32 Å². The lowest BCUT2D eigenvalue weighted by atomic mass is 10.2. The van der Waals surface area contributed by atoms with Crippen LogP contribution in [0.2, 0.25) is 5.02 Å². The first-order valence-corrected chi connectivity index (χ1v) is 8.24. The fourth-order valence-electron chi connectivity index (χ4n) is 2.10. The first-order chi connectivity index (χ1) is 11.9. The Morgan fingerprint density at radius 2 is 2.00 bits per heavy atom. The molecular formula is C17H11ClN2O4S. The van der Waals surface area contributed by atoms with E-state index in [1.54, 1.807) is 24.3 Å². The lowest BCUT2D eigenvalue weighted by Gasteiger charge is -2.01. The lowest BCUT2D eigenvalue weighted by Crippen LogP contribution is -2.19. The predicted octanol–water partition coefficient (Wildman–Crippen LogP) is 3.64. The molecule has 126 valence electrons. The summed E-state index contributed by atoms with van der Waals surface area (Å²) >= 11 is 7.21. The highest BCUT2D eigenvalue weighted by molar-refractivity contribution is 8.18. The van der Waals surface area contributed by atoms with Gasteiger partial charge in [-0.25, -0.2) is 9.79 Å². The van der Waals surface area contributed by atoms with E-state index in [0.29, 0.717) is 26.3 Å². The Kier molecular flexibility index (Phi) is 4.78. The fourth-order valence-corrected chi connectivity index (χ4v) is 3.12. The van der Waals surface area contributed by atoms with E-state index in [1.807, 2.05) is 6.07 Å². The smallest absolute Gasteiger partial charge is 0.339 e. The maximum Gasteiger partial charge on any atom is 0.339 e. The van der Waals surface area contributed by atoms with Gasteiger partial charge in [-0.2, -0.15) is 0 Å². The topological polar surface area (TPSA) is 99.0 Å². The molecule has 1 amide bonds. The number of aliphatic imine (C=N–C) groups is 1. The molecule has 3 rings (SSSR count). The molecule has 1 aliphatic heterocycles. The Balaban J connectivity index is 1.85. The van der Waals surface area contributed by atoms with Crippen molar-refractivity contribution in [2.75, 3.05) is 0 Å². The van der Waals surface area contributed by atoms with E-state index in [9.17, 15) is 14.7 Å². The van der Waals surface area contributed by atoms with Crippen molar-refractivity contribution in [3.05, 3.63) is 63.5 Å². The van der Waals surface area contributed by atoms with Crippen molar-refractivity contribution in [2.24, 2.45) is 4.99 Å². The van der Waals surface area contributed by atoms with Gasteiger partial charge in [0.15, 0.2) is 5.17 Å². The minimum absolute atomic E-state index is 0.216. The quantitative estimate of drug-likeness (QED) is 0.712. The van der Waals surface area contributed by atoms with Gasteiger partial charge in [-0.3, -0.25) is 4.79 Å². The summed E-state index contributed by atoms with van der Waals surface area (Å²) in [5.41, 5.74) is 0.821. The minimum Gasteiger partial charge on any atom is -0.507 e. The molecule has 0 atom stereocenters. The number of hydrogen-bond donors (Lipinski definition) is 3. The summed E-state index contributed by atoms with van der Waals surface area (Å²) in [4.78, 5) is 27.6. The number of amides is 1. The lowest BCUT2D eigenvalue weighted by molar-refractivity contribution is -0.115. The van der Waals surface area contributed by atoms with Gasteiger partial charge in [-0.15, -0.1) is 0 Å². The van der Waals surface area contributed by atoms with Crippen LogP contribution in [0.1, 0.15) is 15.9 Å². The van der Waals surface area contributed by atoms with E-state index >= 15 is 0 Å². The Labute approximate surface area is 151 Å². The number of halogens is 1. The Morgan fingerprint density at radius 3 is 2.68 bits per heavy atom. The van der Waals surface area contributed by atoms with Gasteiger partial charge in [0.2, 0.25) is 0 Å². The third-order valence-electron chi connectivity index (χ3n) is 3.29. The van der Waals surface area contributed by atoms with Crippen LogP contribution in [-0.2, 0) is 4.79 Å². The second-order valence-corrected chi connectivity index (χ2v) is 6.45. The molecule has 2 aromatic carbocycles. The van der Waals surface area contributed by atoms with Gasteiger partial charge < -0.3 is 15.5 Å². The number of aromatic hydroxyl groups is 1. The molecule has 0 spiro atoms. The third-order valence-corrected chi connectivity index (χ3v) is 4.54. The van der Waals surface area contributed by atoms with Crippen LogP contribution < -0.4 is 5.32 Å². The molecule has 1 saturated heterocycles. The molecular weight excluding hydrogens is 364 g/mol. The second-order valence-electron chi connectivity index (χ2n) is 5.01. The third kappa shape index (κ3) is 3.84. The number of rotatable bonds is 3. The number of thioether (sulfide) groups is 1. The van der Waals surface area contributed by atoms with Gasteiger partial charge in [0, 0.05) is 11.1 Å². The number of nitrogens with one attached hydrogen (secondary N) is 1. The monoisotopic (exact) mass is 374 g/mol. The molecule has 0 bridgehead atoms. The minimum atomic E-state index is -1.23. The maximum absolute atomic E-state index is 12.0. The maximum atomic E-state index is 12.0. The highest BCUT2D eigenvalue weighted by Gasteiger charge is 2.24. The largest absolute Gasteiger partial charge is 0.507 e. The molecule has 1 aliphatic rings. The molecule has 6 nitrogen and oxygen atoms in total. The zero-order chi connectivity index (χ0) is 18.0. The first-order valence-electron chi connectivity index (χ1n) is 7.04. The van der Waals surface area contributed by atoms with Gasteiger partial charge in [0.05, 0.1) is 10.6 Å². The number of amidine groups is 1. The van der Waals surface area contributed by atoms with Crippen LogP contribution in [0, 0.1) is 0 Å². The molecule has 25 heavy (non-hydrogen) atoms.